The van der Waals surface area contributed by atoms with Crippen LogP contribution in [-0.2, 0) is 34.8 Å². The van der Waals surface area contributed by atoms with E-state index in [1.807, 2.05) is 62.4 Å². The molecule has 7 aromatic carbocycles. The lowest BCUT2D eigenvalue weighted by atomic mass is 9.76. The van der Waals surface area contributed by atoms with Crippen molar-refractivity contribution in [3.8, 4) is 51.0 Å². The molecule has 0 fully saturated rings. The van der Waals surface area contributed by atoms with Crippen LogP contribution in [0.15, 0.2) is 159 Å². The summed E-state index contributed by atoms with van der Waals surface area (Å²) in [6.45, 7) is 30.9. The van der Waals surface area contributed by atoms with Gasteiger partial charge in [-0.15, -0.1) is 0 Å². The highest BCUT2D eigenvalue weighted by atomic mass is 16.6. The van der Waals surface area contributed by atoms with E-state index in [1.54, 1.807) is 0 Å². The number of carbonyl (C=O) groups is 2. The van der Waals surface area contributed by atoms with Crippen LogP contribution in [0.5, 0.6) is 28.7 Å². The Labute approximate surface area is 487 Å². The third kappa shape index (κ3) is 13.5. The third-order valence-corrected chi connectivity index (χ3v) is 16.7. The van der Waals surface area contributed by atoms with Gasteiger partial charge >= 0.3 is 11.9 Å². The Morgan fingerprint density at radius 1 is 0.524 bits per heavy atom. The molecule has 0 aliphatic carbocycles. The average Bonchev–Trinajstić information content (AvgIpc) is 3.47. The van der Waals surface area contributed by atoms with Crippen LogP contribution >= 0.6 is 0 Å². The lowest BCUT2D eigenvalue weighted by molar-refractivity contribution is -0.154. The molecule has 0 amide bonds. The van der Waals surface area contributed by atoms with E-state index in [9.17, 15) is 9.59 Å². The van der Waals surface area contributed by atoms with Crippen LogP contribution in [0.25, 0.3) is 22.3 Å². The van der Waals surface area contributed by atoms with E-state index >= 15 is 0 Å². The van der Waals surface area contributed by atoms with Crippen LogP contribution in [-0.4, -0.2) is 50.6 Å². The smallest absolute Gasteiger partial charge is 0.330 e. The molecule has 0 radical (unpaired) electrons. The molecule has 1 aliphatic heterocycles. The van der Waals surface area contributed by atoms with E-state index in [1.165, 1.54) is 11.6 Å². The fourth-order valence-electron chi connectivity index (χ4n) is 11.0. The molecule has 0 saturated carbocycles. The molecule has 0 aromatic heterocycles. The van der Waals surface area contributed by atoms with Gasteiger partial charge in [0.2, 0.25) is 0 Å². The van der Waals surface area contributed by atoms with Gasteiger partial charge in [-0.2, -0.15) is 0 Å². The van der Waals surface area contributed by atoms with Gasteiger partial charge in [0.05, 0.1) is 12.2 Å². The predicted octanol–water partition coefficient (Wildman–Crippen LogP) is 17.4. The molecule has 1 heterocycles. The highest BCUT2D eigenvalue weighted by Gasteiger charge is 2.38. The second kappa shape index (κ2) is 26.8. The molecule has 0 N–H and O–H groups in total. The SMILES string of the molecule is C=CC(=O)OC(COc1ccc(-c2ccc(C(C)(C)CC)cc2)cc1)COc1c(C)c(C)c2c(c1C)C(c1ccccc1)c1c(C)c(OCC(COC(C)(CCCCC)c3ccc(-c4ccccc4)cc3)OC(=O)C=C)c(C)c(C)c1O2. The first-order chi connectivity index (χ1) is 39.4. The van der Waals surface area contributed by atoms with Crippen molar-refractivity contribution in [1.29, 1.82) is 0 Å². The maximum absolute atomic E-state index is 13.0. The maximum Gasteiger partial charge on any atom is 0.330 e. The summed E-state index contributed by atoms with van der Waals surface area (Å²) in [4.78, 5) is 25.8. The molecule has 0 spiro atoms. The van der Waals surface area contributed by atoms with Gasteiger partial charge < -0.3 is 33.2 Å². The fourth-order valence-corrected chi connectivity index (χ4v) is 11.0. The van der Waals surface area contributed by atoms with Crippen molar-refractivity contribution in [2.24, 2.45) is 0 Å². The van der Waals surface area contributed by atoms with Gasteiger partial charge in [-0.3, -0.25) is 0 Å². The van der Waals surface area contributed by atoms with E-state index in [2.05, 4.69) is 160 Å². The molecule has 1 aliphatic rings. The summed E-state index contributed by atoms with van der Waals surface area (Å²) in [6.07, 6.45) is 5.73. The summed E-state index contributed by atoms with van der Waals surface area (Å²) < 4.78 is 45.9. The van der Waals surface area contributed by atoms with Gasteiger partial charge in [0.1, 0.15) is 48.6 Å². The highest BCUT2D eigenvalue weighted by molar-refractivity contribution is 5.82. The van der Waals surface area contributed by atoms with Crippen molar-refractivity contribution in [3.63, 3.8) is 0 Å². The Hall–Kier alpha value is -7.88. The number of esters is 2. The number of hydrogen-bond acceptors (Lipinski definition) is 9. The van der Waals surface area contributed by atoms with Crippen molar-refractivity contribution in [2.45, 2.75) is 137 Å². The zero-order valence-electron chi connectivity index (χ0n) is 50.0. The number of unbranched alkanes of at least 4 members (excludes halogenated alkanes) is 2. The average molecular weight is 1100 g/mol. The predicted molar refractivity (Wildman–Crippen MR) is 330 cm³/mol. The van der Waals surface area contributed by atoms with Gasteiger partial charge in [0, 0.05) is 29.2 Å². The number of ether oxygens (including phenoxy) is 7. The number of hydrogen-bond donors (Lipinski definition) is 0. The highest BCUT2D eigenvalue weighted by Crippen LogP contribution is 2.57. The fraction of sp³-hybridized carbons (Fsp3) is 0.342. The first-order valence-electron chi connectivity index (χ1n) is 29.0. The summed E-state index contributed by atoms with van der Waals surface area (Å²) in [5, 5.41) is 0. The van der Waals surface area contributed by atoms with Crippen LogP contribution in [0.3, 0.4) is 0 Å². The Bertz CT molecular complexity index is 3340. The standard InChI is InChI=1S/C73H82O9/c1-14-18-25-42-73(13,59-38-32-54(33-39-59)53-26-21-19-22-27-53)79-46-62(81-64(75)16-3)45-78-69-48(6)50(8)71-66(52(69)10)67(57-28-23-20-24-29-57)65-51(9)68(47(5)49(7)70(65)82-71)77-44-61(80-63(74)15-2)43-76-60-40-34-56(35-41-60)55-30-36-58(37-31-55)72(11,12)17-4/h15-16,19-24,26-41,61-62,67H,2-3,14,17-18,25,42-46H2,1,4-13H3. The number of rotatable bonds is 26. The van der Waals surface area contributed by atoms with E-state index in [0.717, 1.165) is 128 Å². The van der Waals surface area contributed by atoms with Crippen molar-refractivity contribution in [1.82, 2.24) is 0 Å². The summed E-state index contributed by atoms with van der Waals surface area (Å²) in [5.74, 6) is 2.08. The summed E-state index contributed by atoms with van der Waals surface area (Å²) in [6, 6.07) is 46.0. The van der Waals surface area contributed by atoms with Crippen LogP contribution in [0, 0.1) is 41.5 Å². The third-order valence-electron chi connectivity index (χ3n) is 16.7. The molecule has 8 rings (SSSR count). The number of carbonyl (C=O) groups excluding carboxylic acids is 2. The Kier molecular flexibility index (Phi) is 19.7. The molecule has 9 heteroatoms. The van der Waals surface area contributed by atoms with Gasteiger partial charge in [-0.1, -0.05) is 181 Å². The molecule has 0 bridgehead atoms. The normalized spacial score (nSPS) is 14.2. The summed E-state index contributed by atoms with van der Waals surface area (Å²) in [7, 11) is 0. The Morgan fingerprint density at radius 3 is 1.44 bits per heavy atom. The quantitative estimate of drug-likeness (QED) is 0.0298. The zero-order valence-corrected chi connectivity index (χ0v) is 50.0. The molecule has 4 atom stereocenters. The number of fused-ring (bicyclic) bond motifs is 2. The van der Waals surface area contributed by atoms with Gasteiger partial charge in [-0.25, -0.2) is 9.59 Å². The zero-order chi connectivity index (χ0) is 58.7. The first-order valence-corrected chi connectivity index (χ1v) is 29.0. The second-order valence-corrected chi connectivity index (χ2v) is 22.6. The minimum absolute atomic E-state index is 0.0144. The molecular formula is C73H82O9. The van der Waals surface area contributed by atoms with Crippen molar-refractivity contribution >= 4 is 11.9 Å². The molecule has 428 valence electrons. The Morgan fingerprint density at radius 2 is 0.963 bits per heavy atom. The van der Waals surface area contributed by atoms with Crippen molar-refractivity contribution in [2.75, 3.05) is 26.4 Å². The molecule has 82 heavy (non-hydrogen) atoms. The molecule has 9 nitrogen and oxygen atoms in total. The van der Waals surface area contributed by atoms with Crippen LogP contribution in [0.4, 0.5) is 0 Å². The van der Waals surface area contributed by atoms with Crippen LogP contribution in [0.2, 0.25) is 0 Å². The first kappa shape index (κ1) is 60.2. The van der Waals surface area contributed by atoms with Gasteiger partial charge in [0.15, 0.2) is 12.2 Å². The lowest BCUT2D eigenvalue weighted by Crippen LogP contribution is -2.35. The van der Waals surface area contributed by atoms with Crippen molar-refractivity contribution in [3.05, 3.63) is 220 Å². The minimum Gasteiger partial charge on any atom is -0.490 e. The largest absolute Gasteiger partial charge is 0.490 e. The van der Waals surface area contributed by atoms with E-state index in [-0.39, 0.29) is 37.8 Å². The minimum atomic E-state index is -0.773. The van der Waals surface area contributed by atoms with Crippen LogP contribution < -0.4 is 18.9 Å². The lowest BCUT2D eigenvalue weighted by Gasteiger charge is -2.36. The van der Waals surface area contributed by atoms with Crippen LogP contribution in [0.1, 0.15) is 134 Å². The van der Waals surface area contributed by atoms with E-state index in [4.69, 9.17) is 33.2 Å². The van der Waals surface area contributed by atoms with Crippen molar-refractivity contribution < 1.29 is 42.7 Å². The topological polar surface area (TPSA) is 98.8 Å². The van der Waals surface area contributed by atoms with Gasteiger partial charge in [-0.05, 0) is 151 Å². The summed E-state index contributed by atoms with van der Waals surface area (Å²) in [5.41, 5.74) is 14.7. The van der Waals surface area contributed by atoms with E-state index in [0.29, 0.717) is 17.2 Å². The van der Waals surface area contributed by atoms with Gasteiger partial charge in [0.25, 0.3) is 0 Å². The maximum atomic E-state index is 13.0. The molecule has 7 aromatic rings. The van der Waals surface area contributed by atoms with E-state index < -0.39 is 29.7 Å². The molecular weight excluding hydrogens is 1020 g/mol. The number of benzene rings is 7. The second-order valence-electron chi connectivity index (χ2n) is 22.6. The monoisotopic (exact) mass is 1100 g/mol. The Balaban J connectivity index is 1.06. The summed E-state index contributed by atoms with van der Waals surface area (Å²) >= 11 is 0. The molecule has 4 unspecified atom stereocenters. The molecule has 0 saturated heterocycles.